The first-order valence-corrected chi connectivity index (χ1v) is 7.39. The number of aromatic hydroxyl groups is 1. The summed E-state index contributed by atoms with van der Waals surface area (Å²) in [4.78, 5) is 11.4. The Labute approximate surface area is 141 Å². The van der Waals surface area contributed by atoms with E-state index in [4.69, 9.17) is 18.6 Å². The number of hydrogen-bond donors (Lipinski definition) is 1. The molecule has 9 heteroatoms. The van der Waals surface area contributed by atoms with E-state index in [1.807, 2.05) is 0 Å². The fraction of sp³-hybridized carbons (Fsp3) is 0.188. The highest BCUT2D eigenvalue weighted by Gasteiger charge is 2.14. The van der Waals surface area contributed by atoms with Gasteiger partial charge in [0, 0.05) is 12.1 Å². The van der Waals surface area contributed by atoms with Crippen LogP contribution in [0.25, 0.3) is 0 Å². The Morgan fingerprint density at radius 3 is 3.00 bits per heavy atom. The predicted octanol–water partition coefficient (Wildman–Crippen LogP) is 1.29. The van der Waals surface area contributed by atoms with Gasteiger partial charge in [-0.05, 0) is 12.1 Å². The first kappa shape index (κ1) is 15.1. The summed E-state index contributed by atoms with van der Waals surface area (Å²) in [5.41, 5.74) is 0.103. The SMILES string of the molecule is O=c1cc(Cn2cc(COc3ccc4c(c3)OCO4)nn2)occ1O. The van der Waals surface area contributed by atoms with Crippen molar-refractivity contribution in [2.45, 2.75) is 13.2 Å². The molecular formula is C16H13N3O6. The van der Waals surface area contributed by atoms with Crippen LogP contribution in [0.15, 0.2) is 45.9 Å². The van der Waals surface area contributed by atoms with Gasteiger partial charge in [-0.1, -0.05) is 5.21 Å². The molecule has 1 aliphatic rings. The molecule has 0 saturated carbocycles. The van der Waals surface area contributed by atoms with Gasteiger partial charge in [0.25, 0.3) is 0 Å². The van der Waals surface area contributed by atoms with E-state index in [9.17, 15) is 9.90 Å². The van der Waals surface area contributed by atoms with Crippen molar-refractivity contribution >= 4 is 0 Å². The molecule has 0 radical (unpaired) electrons. The molecule has 0 unspecified atom stereocenters. The van der Waals surface area contributed by atoms with Crippen LogP contribution in [0.1, 0.15) is 11.5 Å². The van der Waals surface area contributed by atoms with E-state index in [0.717, 1.165) is 6.26 Å². The van der Waals surface area contributed by atoms with Crippen molar-refractivity contribution in [3.8, 4) is 23.0 Å². The molecular weight excluding hydrogens is 330 g/mol. The second-order valence-electron chi connectivity index (χ2n) is 5.31. The minimum Gasteiger partial charge on any atom is -0.502 e. The van der Waals surface area contributed by atoms with Crippen LogP contribution in [-0.4, -0.2) is 26.9 Å². The van der Waals surface area contributed by atoms with E-state index in [1.165, 1.54) is 10.7 Å². The van der Waals surface area contributed by atoms with Crippen molar-refractivity contribution in [1.82, 2.24) is 15.0 Å². The molecule has 0 spiro atoms. The van der Waals surface area contributed by atoms with Gasteiger partial charge in [0.05, 0.1) is 6.20 Å². The number of aromatic nitrogens is 3. The third-order valence-electron chi connectivity index (χ3n) is 3.50. The minimum atomic E-state index is -0.507. The number of nitrogens with zero attached hydrogens (tertiary/aromatic N) is 3. The Morgan fingerprint density at radius 1 is 1.24 bits per heavy atom. The zero-order valence-corrected chi connectivity index (χ0v) is 12.9. The van der Waals surface area contributed by atoms with Crippen LogP contribution < -0.4 is 19.6 Å². The normalized spacial score (nSPS) is 12.3. The predicted molar refractivity (Wildman–Crippen MR) is 82.7 cm³/mol. The first-order chi connectivity index (χ1) is 12.2. The molecule has 4 rings (SSSR count). The van der Waals surface area contributed by atoms with Crippen LogP contribution in [0.4, 0.5) is 0 Å². The molecule has 1 aromatic carbocycles. The van der Waals surface area contributed by atoms with Crippen molar-refractivity contribution < 1.29 is 23.7 Å². The van der Waals surface area contributed by atoms with Crippen LogP contribution >= 0.6 is 0 Å². The summed E-state index contributed by atoms with van der Waals surface area (Å²) in [5, 5.41) is 17.1. The molecule has 0 fully saturated rings. The maximum Gasteiger partial charge on any atom is 0.231 e. The Balaban J connectivity index is 1.39. The molecule has 2 aromatic heterocycles. The van der Waals surface area contributed by atoms with Crippen molar-refractivity contribution in [3.63, 3.8) is 0 Å². The molecule has 3 aromatic rings. The molecule has 1 N–H and O–H groups in total. The monoisotopic (exact) mass is 343 g/mol. The van der Waals surface area contributed by atoms with Crippen LogP contribution in [0, 0.1) is 0 Å². The van der Waals surface area contributed by atoms with Gasteiger partial charge in [0.15, 0.2) is 17.2 Å². The zero-order valence-electron chi connectivity index (χ0n) is 12.9. The van der Waals surface area contributed by atoms with Gasteiger partial charge in [0.1, 0.15) is 36.6 Å². The highest BCUT2D eigenvalue weighted by Crippen LogP contribution is 2.35. The third kappa shape index (κ3) is 3.25. The van der Waals surface area contributed by atoms with Crippen molar-refractivity contribution in [3.05, 3.63) is 58.4 Å². The van der Waals surface area contributed by atoms with Crippen LogP contribution in [0.2, 0.25) is 0 Å². The molecule has 128 valence electrons. The lowest BCUT2D eigenvalue weighted by molar-refractivity contribution is 0.173. The van der Waals surface area contributed by atoms with Crippen LogP contribution in [0.5, 0.6) is 23.0 Å². The number of fused-ring (bicyclic) bond motifs is 1. The smallest absolute Gasteiger partial charge is 0.231 e. The summed E-state index contributed by atoms with van der Waals surface area (Å²) in [5.74, 6) is 1.89. The second kappa shape index (κ2) is 6.19. The Bertz CT molecular complexity index is 964. The molecule has 1 aliphatic heterocycles. The minimum absolute atomic E-state index is 0.209. The van der Waals surface area contributed by atoms with E-state index >= 15 is 0 Å². The van der Waals surface area contributed by atoms with Crippen molar-refractivity contribution in [2.24, 2.45) is 0 Å². The van der Waals surface area contributed by atoms with Gasteiger partial charge in [-0.2, -0.15) is 0 Å². The highest BCUT2D eigenvalue weighted by atomic mass is 16.7. The van der Waals surface area contributed by atoms with E-state index in [1.54, 1.807) is 24.4 Å². The topological polar surface area (TPSA) is 109 Å². The van der Waals surface area contributed by atoms with Crippen molar-refractivity contribution in [2.75, 3.05) is 6.79 Å². The lowest BCUT2D eigenvalue weighted by Gasteiger charge is -2.04. The number of hydrogen-bond acceptors (Lipinski definition) is 8. The number of ether oxygens (including phenoxy) is 3. The molecule has 0 atom stereocenters. The Hall–Kier alpha value is -3.49. The average molecular weight is 343 g/mol. The lowest BCUT2D eigenvalue weighted by atomic mass is 10.3. The molecule has 3 heterocycles. The first-order valence-electron chi connectivity index (χ1n) is 7.39. The Morgan fingerprint density at radius 2 is 2.12 bits per heavy atom. The summed E-state index contributed by atoms with van der Waals surface area (Å²) in [6.45, 7) is 0.645. The molecule has 0 saturated heterocycles. The summed E-state index contributed by atoms with van der Waals surface area (Å²) >= 11 is 0. The molecule has 0 bridgehead atoms. The maximum atomic E-state index is 11.4. The Kier molecular flexibility index (Phi) is 3.73. The number of benzene rings is 1. The standard InChI is InChI=1S/C16H13N3O6/c20-13-3-12(23-8-14(13)21)6-19-5-10(17-18-19)7-22-11-1-2-15-16(4-11)25-9-24-15/h1-5,8,21H,6-7,9H2. The van der Waals surface area contributed by atoms with Gasteiger partial charge >= 0.3 is 0 Å². The second-order valence-corrected chi connectivity index (χ2v) is 5.31. The quantitative estimate of drug-likeness (QED) is 0.738. The molecule has 25 heavy (non-hydrogen) atoms. The van der Waals surface area contributed by atoms with Gasteiger partial charge in [-0.25, -0.2) is 4.68 Å². The molecule has 9 nitrogen and oxygen atoms in total. The summed E-state index contributed by atoms with van der Waals surface area (Å²) in [6.07, 6.45) is 2.68. The lowest BCUT2D eigenvalue weighted by Crippen LogP contribution is -2.05. The summed E-state index contributed by atoms with van der Waals surface area (Å²) < 4.78 is 22.8. The van der Waals surface area contributed by atoms with Gasteiger partial charge in [-0.3, -0.25) is 4.79 Å². The highest BCUT2D eigenvalue weighted by molar-refractivity contribution is 5.46. The number of rotatable bonds is 5. The van der Waals surface area contributed by atoms with Gasteiger partial charge in [-0.15, -0.1) is 5.10 Å². The van der Waals surface area contributed by atoms with E-state index in [0.29, 0.717) is 28.7 Å². The zero-order chi connectivity index (χ0) is 17.2. The largest absolute Gasteiger partial charge is 0.502 e. The van der Waals surface area contributed by atoms with E-state index < -0.39 is 11.2 Å². The molecule has 0 amide bonds. The summed E-state index contributed by atoms with van der Waals surface area (Å²) in [6, 6.07) is 6.52. The van der Waals surface area contributed by atoms with E-state index in [-0.39, 0.29) is 19.9 Å². The van der Waals surface area contributed by atoms with Crippen molar-refractivity contribution in [1.29, 1.82) is 0 Å². The summed E-state index contributed by atoms with van der Waals surface area (Å²) in [7, 11) is 0. The van der Waals surface area contributed by atoms with E-state index in [2.05, 4.69) is 10.3 Å². The fourth-order valence-corrected chi connectivity index (χ4v) is 2.29. The average Bonchev–Trinajstić information content (AvgIpc) is 3.25. The third-order valence-corrected chi connectivity index (χ3v) is 3.50. The maximum absolute atomic E-state index is 11.4. The van der Waals surface area contributed by atoms with Gasteiger partial charge in [0.2, 0.25) is 12.2 Å². The van der Waals surface area contributed by atoms with Crippen LogP contribution in [0.3, 0.4) is 0 Å². The molecule has 0 aliphatic carbocycles. The van der Waals surface area contributed by atoms with Gasteiger partial charge < -0.3 is 23.7 Å². The fourth-order valence-electron chi connectivity index (χ4n) is 2.29. The van der Waals surface area contributed by atoms with Crippen LogP contribution in [-0.2, 0) is 13.2 Å².